The molecule has 0 aliphatic carbocycles. The van der Waals surface area contributed by atoms with Gasteiger partial charge < -0.3 is 5.32 Å². The molecule has 0 radical (unpaired) electrons. The Labute approximate surface area is 116 Å². The highest BCUT2D eigenvalue weighted by atomic mass is 32.2. The number of nitrogens with one attached hydrogen (secondary N) is 1. The van der Waals surface area contributed by atoms with Crippen LogP contribution in [0.5, 0.6) is 0 Å². The van der Waals surface area contributed by atoms with Crippen molar-refractivity contribution < 1.29 is 4.21 Å². The number of rotatable bonds is 6. The molecule has 1 aromatic heterocycles. The maximum absolute atomic E-state index is 11.3. The van der Waals surface area contributed by atoms with E-state index in [1.807, 2.05) is 23.7 Å². The second kappa shape index (κ2) is 6.30. The highest BCUT2D eigenvalue weighted by Crippen LogP contribution is 2.18. The Morgan fingerprint density at radius 2 is 2.16 bits per heavy atom. The zero-order valence-corrected chi connectivity index (χ0v) is 12.5. The molecule has 1 heterocycles. The van der Waals surface area contributed by atoms with Crippen molar-refractivity contribution in [1.82, 2.24) is 15.1 Å². The van der Waals surface area contributed by atoms with E-state index in [4.69, 9.17) is 0 Å². The third-order valence-electron chi connectivity index (χ3n) is 3.32. The highest BCUT2D eigenvalue weighted by molar-refractivity contribution is 7.84. The van der Waals surface area contributed by atoms with Gasteiger partial charge in [0.05, 0.1) is 11.2 Å². The van der Waals surface area contributed by atoms with Crippen LogP contribution in [-0.2, 0) is 23.9 Å². The topological polar surface area (TPSA) is 46.9 Å². The molecule has 104 valence electrons. The monoisotopic (exact) mass is 279 g/mol. The fourth-order valence-electron chi connectivity index (χ4n) is 2.08. The van der Waals surface area contributed by atoms with Crippen molar-refractivity contribution in [2.45, 2.75) is 32.2 Å². The SMILES string of the molecule is CCn1nc(CNCC(C)S(C)=O)c2ccccc21. The lowest BCUT2D eigenvalue weighted by Crippen LogP contribution is -2.27. The van der Waals surface area contributed by atoms with Crippen molar-refractivity contribution in [1.29, 1.82) is 0 Å². The Balaban J connectivity index is 2.10. The second-order valence-corrected chi connectivity index (χ2v) is 6.52. The van der Waals surface area contributed by atoms with Crippen molar-refractivity contribution >= 4 is 21.7 Å². The van der Waals surface area contributed by atoms with Gasteiger partial charge in [0, 0.05) is 47.3 Å². The normalized spacial score (nSPS) is 14.7. The summed E-state index contributed by atoms with van der Waals surface area (Å²) in [6.07, 6.45) is 1.74. The fraction of sp³-hybridized carbons (Fsp3) is 0.500. The maximum Gasteiger partial charge on any atom is 0.0841 e. The van der Waals surface area contributed by atoms with E-state index in [0.29, 0.717) is 0 Å². The number of hydrogen-bond acceptors (Lipinski definition) is 3. The molecule has 2 rings (SSSR count). The summed E-state index contributed by atoms with van der Waals surface area (Å²) in [6, 6.07) is 8.28. The Kier molecular flexibility index (Phi) is 4.71. The summed E-state index contributed by atoms with van der Waals surface area (Å²) >= 11 is 0. The molecule has 0 aliphatic heterocycles. The van der Waals surface area contributed by atoms with E-state index in [2.05, 4.69) is 29.5 Å². The zero-order valence-electron chi connectivity index (χ0n) is 11.7. The minimum absolute atomic E-state index is 0.166. The molecule has 0 fully saturated rings. The van der Waals surface area contributed by atoms with Crippen LogP contribution in [0.15, 0.2) is 24.3 Å². The van der Waals surface area contributed by atoms with Crippen LogP contribution in [0.25, 0.3) is 10.9 Å². The van der Waals surface area contributed by atoms with E-state index in [0.717, 1.165) is 25.3 Å². The summed E-state index contributed by atoms with van der Waals surface area (Å²) in [5.41, 5.74) is 2.24. The van der Waals surface area contributed by atoms with E-state index in [-0.39, 0.29) is 5.25 Å². The van der Waals surface area contributed by atoms with Crippen molar-refractivity contribution in [3.8, 4) is 0 Å². The molecule has 0 saturated heterocycles. The number of fused-ring (bicyclic) bond motifs is 1. The lowest BCUT2D eigenvalue weighted by molar-refractivity contribution is 0.621. The molecular weight excluding hydrogens is 258 g/mol. The minimum Gasteiger partial charge on any atom is -0.310 e. The van der Waals surface area contributed by atoms with Crippen LogP contribution >= 0.6 is 0 Å². The van der Waals surface area contributed by atoms with Gasteiger partial charge in [-0.1, -0.05) is 18.2 Å². The molecule has 0 amide bonds. The molecule has 19 heavy (non-hydrogen) atoms. The van der Waals surface area contributed by atoms with Gasteiger partial charge in [0.1, 0.15) is 0 Å². The number of nitrogens with zero attached hydrogens (tertiary/aromatic N) is 2. The number of aryl methyl sites for hydroxylation is 1. The van der Waals surface area contributed by atoms with Crippen LogP contribution < -0.4 is 5.32 Å². The van der Waals surface area contributed by atoms with Crippen LogP contribution in [-0.4, -0.2) is 32.0 Å². The molecule has 0 spiro atoms. The number of aromatic nitrogens is 2. The van der Waals surface area contributed by atoms with Crippen LogP contribution in [0.1, 0.15) is 19.5 Å². The maximum atomic E-state index is 11.3. The second-order valence-electron chi connectivity index (χ2n) is 4.72. The van der Waals surface area contributed by atoms with Gasteiger partial charge in [-0.05, 0) is 19.9 Å². The molecule has 1 aromatic carbocycles. The quantitative estimate of drug-likeness (QED) is 0.878. The van der Waals surface area contributed by atoms with E-state index in [1.54, 1.807) is 6.26 Å². The molecule has 0 aliphatic rings. The standard InChI is InChI=1S/C14H21N3OS/c1-4-17-14-8-6-5-7-12(14)13(16-17)10-15-9-11(2)19(3)18/h5-8,11,15H,4,9-10H2,1-3H3. The summed E-state index contributed by atoms with van der Waals surface area (Å²) in [4.78, 5) is 0. The fourth-order valence-corrected chi connectivity index (χ4v) is 2.43. The first-order chi connectivity index (χ1) is 9.13. The zero-order chi connectivity index (χ0) is 13.8. The van der Waals surface area contributed by atoms with Crippen LogP contribution in [0.4, 0.5) is 0 Å². The van der Waals surface area contributed by atoms with Gasteiger partial charge in [0.15, 0.2) is 0 Å². The molecule has 1 N–H and O–H groups in total. The first kappa shape index (κ1) is 14.2. The number of para-hydroxylation sites is 1. The molecular formula is C14H21N3OS. The van der Waals surface area contributed by atoms with Gasteiger partial charge in [-0.25, -0.2) is 0 Å². The summed E-state index contributed by atoms with van der Waals surface area (Å²) in [6.45, 7) is 6.42. The average Bonchev–Trinajstić information content (AvgIpc) is 2.77. The van der Waals surface area contributed by atoms with E-state index in [9.17, 15) is 4.21 Å². The minimum atomic E-state index is -0.780. The van der Waals surface area contributed by atoms with Gasteiger partial charge in [0.25, 0.3) is 0 Å². The lowest BCUT2D eigenvalue weighted by atomic mass is 10.2. The van der Waals surface area contributed by atoms with Crippen LogP contribution in [0.3, 0.4) is 0 Å². The molecule has 5 heteroatoms. The van der Waals surface area contributed by atoms with Gasteiger partial charge in [-0.15, -0.1) is 0 Å². The Morgan fingerprint density at radius 1 is 1.42 bits per heavy atom. The van der Waals surface area contributed by atoms with Crippen LogP contribution in [0.2, 0.25) is 0 Å². The predicted molar refractivity (Wildman–Crippen MR) is 80.6 cm³/mol. The summed E-state index contributed by atoms with van der Waals surface area (Å²) in [5, 5.41) is 9.33. The highest BCUT2D eigenvalue weighted by Gasteiger charge is 2.10. The van der Waals surface area contributed by atoms with Gasteiger partial charge in [-0.3, -0.25) is 8.89 Å². The van der Waals surface area contributed by atoms with Crippen molar-refractivity contribution in [3.05, 3.63) is 30.0 Å². The number of benzene rings is 1. The lowest BCUT2D eigenvalue weighted by Gasteiger charge is -2.08. The third kappa shape index (κ3) is 3.22. The Bertz CT molecular complexity index is 579. The third-order valence-corrected chi connectivity index (χ3v) is 4.62. The van der Waals surface area contributed by atoms with Gasteiger partial charge in [0.2, 0.25) is 0 Å². The van der Waals surface area contributed by atoms with Gasteiger partial charge in [-0.2, -0.15) is 5.10 Å². The predicted octanol–water partition coefficient (Wildman–Crippen LogP) is 1.91. The Morgan fingerprint density at radius 3 is 2.84 bits per heavy atom. The largest absolute Gasteiger partial charge is 0.310 e. The summed E-state index contributed by atoms with van der Waals surface area (Å²) in [5.74, 6) is 0. The van der Waals surface area contributed by atoms with Crippen molar-refractivity contribution in [3.63, 3.8) is 0 Å². The molecule has 0 saturated carbocycles. The van der Waals surface area contributed by atoms with Gasteiger partial charge >= 0.3 is 0 Å². The van der Waals surface area contributed by atoms with E-state index in [1.165, 1.54) is 10.9 Å². The molecule has 2 unspecified atom stereocenters. The smallest absolute Gasteiger partial charge is 0.0841 e. The first-order valence-electron chi connectivity index (χ1n) is 6.60. The van der Waals surface area contributed by atoms with Crippen molar-refractivity contribution in [2.75, 3.05) is 12.8 Å². The van der Waals surface area contributed by atoms with E-state index < -0.39 is 10.8 Å². The van der Waals surface area contributed by atoms with Crippen molar-refractivity contribution in [2.24, 2.45) is 0 Å². The Hall–Kier alpha value is -1.20. The average molecular weight is 279 g/mol. The first-order valence-corrected chi connectivity index (χ1v) is 8.23. The summed E-state index contributed by atoms with van der Waals surface area (Å²) in [7, 11) is -0.780. The molecule has 4 nitrogen and oxygen atoms in total. The molecule has 0 bridgehead atoms. The molecule has 2 aromatic rings. The number of hydrogen-bond donors (Lipinski definition) is 1. The van der Waals surface area contributed by atoms with Crippen LogP contribution in [0, 0.1) is 0 Å². The summed E-state index contributed by atoms with van der Waals surface area (Å²) < 4.78 is 13.3. The van der Waals surface area contributed by atoms with E-state index >= 15 is 0 Å². The molecule has 2 atom stereocenters.